The maximum atomic E-state index is 11.6. The molecule has 0 aliphatic heterocycles. The first-order valence-electron chi connectivity index (χ1n) is 4.62. The second-order valence-electron chi connectivity index (χ2n) is 3.35. The van der Waals surface area contributed by atoms with Crippen LogP contribution in [0.2, 0.25) is 0 Å². The number of carbonyl (C=O) groups excluding carboxylic acids is 2. The molecule has 0 radical (unpaired) electrons. The fourth-order valence-corrected chi connectivity index (χ4v) is 1.20. The van der Waals surface area contributed by atoms with Crippen LogP contribution in [0, 0.1) is 5.92 Å². The lowest BCUT2D eigenvalue weighted by atomic mass is 10.0. The summed E-state index contributed by atoms with van der Waals surface area (Å²) >= 11 is 0. The first kappa shape index (κ1) is 10.6. The number of pyridine rings is 1. The van der Waals surface area contributed by atoms with E-state index in [1.807, 2.05) is 6.92 Å². The van der Waals surface area contributed by atoms with Gasteiger partial charge in [0.1, 0.15) is 12.0 Å². The summed E-state index contributed by atoms with van der Waals surface area (Å²) in [5.74, 6) is 0.0990. The summed E-state index contributed by atoms with van der Waals surface area (Å²) in [5, 5.41) is 0. The van der Waals surface area contributed by atoms with E-state index in [1.165, 1.54) is 0 Å². The van der Waals surface area contributed by atoms with Gasteiger partial charge in [0.2, 0.25) is 0 Å². The van der Waals surface area contributed by atoms with E-state index in [9.17, 15) is 9.59 Å². The highest BCUT2D eigenvalue weighted by Gasteiger charge is 2.11. The first-order valence-corrected chi connectivity index (χ1v) is 4.62. The van der Waals surface area contributed by atoms with E-state index < -0.39 is 0 Å². The Hall–Kier alpha value is -1.51. The minimum Gasteiger partial charge on any atom is -0.303 e. The summed E-state index contributed by atoms with van der Waals surface area (Å²) in [4.78, 5) is 25.7. The van der Waals surface area contributed by atoms with Crippen molar-refractivity contribution in [3.63, 3.8) is 0 Å². The van der Waals surface area contributed by atoms with Gasteiger partial charge in [0, 0.05) is 19.0 Å². The van der Waals surface area contributed by atoms with E-state index in [-0.39, 0.29) is 11.7 Å². The van der Waals surface area contributed by atoms with Crippen molar-refractivity contribution in [1.29, 1.82) is 0 Å². The zero-order valence-electron chi connectivity index (χ0n) is 8.14. The molecule has 14 heavy (non-hydrogen) atoms. The minimum absolute atomic E-state index is 0.0000463. The number of aromatic nitrogens is 1. The largest absolute Gasteiger partial charge is 0.303 e. The van der Waals surface area contributed by atoms with Gasteiger partial charge in [-0.25, -0.2) is 0 Å². The van der Waals surface area contributed by atoms with Crippen molar-refractivity contribution in [3.8, 4) is 0 Å². The summed E-state index contributed by atoms with van der Waals surface area (Å²) in [7, 11) is 0. The van der Waals surface area contributed by atoms with Gasteiger partial charge in [0.15, 0.2) is 5.78 Å². The maximum Gasteiger partial charge on any atom is 0.181 e. The highest BCUT2D eigenvalue weighted by molar-refractivity contribution is 5.94. The molecule has 1 heterocycles. The monoisotopic (exact) mass is 191 g/mol. The topological polar surface area (TPSA) is 47.0 Å². The Kier molecular flexibility index (Phi) is 3.98. The summed E-state index contributed by atoms with van der Waals surface area (Å²) < 4.78 is 0. The van der Waals surface area contributed by atoms with Gasteiger partial charge in [0.05, 0.1) is 0 Å². The first-order chi connectivity index (χ1) is 6.74. The third kappa shape index (κ3) is 3.09. The van der Waals surface area contributed by atoms with Gasteiger partial charge in [-0.3, -0.25) is 9.78 Å². The SMILES string of the molecule is C[C@H](CC=O)CC(=O)c1ccccn1. The molecule has 1 rings (SSSR count). The van der Waals surface area contributed by atoms with E-state index in [1.54, 1.807) is 24.4 Å². The van der Waals surface area contributed by atoms with Gasteiger partial charge >= 0.3 is 0 Å². The van der Waals surface area contributed by atoms with Crippen molar-refractivity contribution in [3.05, 3.63) is 30.1 Å². The normalized spacial score (nSPS) is 12.1. The molecule has 0 saturated carbocycles. The Labute approximate surface area is 83.2 Å². The Morgan fingerprint density at radius 3 is 2.93 bits per heavy atom. The lowest BCUT2D eigenvalue weighted by Crippen LogP contribution is -2.07. The average Bonchev–Trinajstić information content (AvgIpc) is 2.19. The number of carbonyl (C=O) groups is 2. The number of ketones is 1. The molecule has 0 aliphatic carbocycles. The molecule has 3 nitrogen and oxygen atoms in total. The van der Waals surface area contributed by atoms with E-state index >= 15 is 0 Å². The fraction of sp³-hybridized carbons (Fsp3) is 0.364. The quantitative estimate of drug-likeness (QED) is 0.527. The molecule has 0 fully saturated rings. The van der Waals surface area contributed by atoms with Crippen molar-refractivity contribution in [2.45, 2.75) is 19.8 Å². The minimum atomic E-state index is -0.0000463. The van der Waals surface area contributed by atoms with Crippen molar-refractivity contribution < 1.29 is 9.59 Å². The van der Waals surface area contributed by atoms with E-state index in [4.69, 9.17) is 0 Å². The van der Waals surface area contributed by atoms with Gasteiger partial charge < -0.3 is 4.79 Å². The molecule has 3 heteroatoms. The summed E-state index contributed by atoms with van der Waals surface area (Å²) in [6.07, 6.45) is 3.25. The van der Waals surface area contributed by atoms with Gasteiger partial charge in [-0.1, -0.05) is 13.0 Å². The number of aldehydes is 1. The van der Waals surface area contributed by atoms with Crippen LogP contribution in [-0.2, 0) is 4.79 Å². The molecule has 0 saturated heterocycles. The Balaban J connectivity index is 2.55. The van der Waals surface area contributed by atoms with Crippen LogP contribution < -0.4 is 0 Å². The molecule has 0 bridgehead atoms. The number of Topliss-reactive ketones (excluding diaryl/α,β-unsaturated/α-hetero) is 1. The summed E-state index contributed by atoms with van der Waals surface area (Å²) in [6.45, 7) is 1.88. The number of hydrogen-bond donors (Lipinski definition) is 0. The van der Waals surface area contributed by atoms with Crippen LogP contribution in [-0.4, -0.2) is 17.1 Å². The van der Waals surface area contributed by atoms with Crippen molar-refractivity contribution in [1.82, 2.24) is 4.98 Å². The zero-order chi connectivity index (χ0) is 10.4. The van der Waals surface area contributed by atoms with Crippen LogP contribution in [0.25, 0.3) is 0 Å². The highest BCUT2D eigenvalue weighted by atomic mass is 16.1. The lowest BCUT2D eigenvalue weighted by molar-refractivity contribution is -0.108. The molecule has 0 aliphatic rings. The molecule has 74 valence electrons. The van der Waals surface area contributed by atoms with Crippen molar-refractivity contribution in [2.75, 3.05) is 0 Å². The number of hydrogen-bond acceptors (Lipinski definition) is 3. The van der Waals surface area contributed by atoms with E-state index in [0.29, 0.717) is 18.5 Å². The zero-order valence-corrected chi connectivity index (χ0v) is 8.14. The van der Waals surface area contributed by atoms with Crippen LogP contribution >= 0.6 is 0 Å². The summed E-state index contributed by atoms with van der Waals surface area (Å²) in [6, 6.07) is 5.24. The van der Waals surface area contributed by atoms with Crippen LogP contribution in [0.5, 0.6) is 0 Å². The smallest absolute Gasteiger partial charge is 0.181 e. The van der Waals surface area contributed by atoms with E-state index in [0.717, 1.165) is 6.29 Å². The summed E-state index contributed by atoms with van der Waals surface area (Å²) in [5.41, 5.74) is 0.477. The van der Waals surface area contributed by atoms with Crippen molar-refractivity contribution >= 4 is 12.1 Å². The van der Waals surface area contributed by atoms with Crippen LogP contribution in [0.1, 0.15) is 30.3 Å². The van der Waals surface area contributed by atoms with Gasteiger partial charge in [-0.2, -0.15) is 0 Å². The Bertz CT molecular complexity index is 308. The van der Waals surface area contributed by atoms with E-state index in [2.05, 4.69) is 4.98 Å². The van der Waals surface area contributed by atoms with Crippen LogP contribution in [0.3, 0.4) is 0 Å². The second kappa shape index (κ2) is 5.27. The molecule has 0 spiro atoms. The Morgan fingerprint density at radius 2 is 2.36 bits per heavy atom. The van der Waals surface area contributed by atoms with Gasteiger partial charge in [0.25, 0.3) is 0 Å². The predicted molar refractivity (Wildman–Crippen MR) is 53.0 cm³/mol. The lowest BCUT2D eigenvalue weighted by Gasteiger charge is -2.05. The van der Waals surface area contributed by atoms with Crippen LogP contribution in [0.15, 0.2) is 24.4 Å². The Morgan fingerprint density at radius 1 is 1.57 bits per heavy atom. The van der Waals surface area contributed by atoms with Gasteiger partial charge in [-0.15, -0.1) is 0 Å². The number of rotatable bonds is 5. The molecular weight excluding hydrogens is 178 g/mol. The standard InChI is InChI=1S/C11H13NO2/c1-9(5-7-13)8-11(14)10-4-2-3-6-12-10/h2-4,6-7,9H,5,8H2,1H3/t9-/m1/s1. The average molecular weight is 191 g/mol. The molecule has 0 amide bonds. The third-order valence-corrected chi connectivity index (χ3v) is 1.98. The molecule has 1 atom stereocenters. The van der Waals surface area contributed by atoms with Crippen LogP contribution in [0.4, 0.5) is 0 Å². The molecule has 0 aromatic carbocycles. The predicted octanol–water partition coefficient (Wildman–Crippen LogP) is 1.88. The fourth-order valence-electron chi connectivity index (χ4n) is 1.20. The molecule has 1 aromatic heterocycles. The van der Waals surface area contributed by atoms with Gasteiger partial charge in [-0.05, 0) is 18.1 Å². The van der Waals surface area contributed by atoms with Crippen molar-refractivity contribution in [2.24, 2.45) is 5.92 Å². The highest BCUT2D eigenvalue weighted by Crippen LogP contribution is 2.09. The molecular formula is C11H13NO2. The molecule has 0 N–H and O–H groups in total. The third-order valence-electron chi connectivity index (χ3n) is 1.98. The number of nitrogens with zero attached hydrogens (tertiary/aromatic N) is 1. The second-order valence-corrected chi connectivity index (χ2v) is 3.35. The maximum absolute atomic E-state index is 11.6. The molecule has 1 aromatic rings. The molecule has 0 unspecified atom stereocenters.